The Morgan fingerprint density at radius 1 is 1.35 bits per heavy atom. The summed E-state index contributed by atoms with van der Waals surface area (Å²) in [6.07, 6.45) is 3.58. The second kappa shape index (κ2) is 4.85. The molecule has 2 aromatic heterocycles. The molecule has 0 aliphatic rings. The molecule has 0 spiro atoms. The van der Waals surface area contributed by atoms with Crippen molar-refractivity contribution in [3.63, 3.8) is 0 Å². The van der Waals surface area contributed by atoms with Gasteiger partial charge in [-0.05, 0) is 22.0 Å². The lowest BCUT2D eigenvalue weighted by molar-refractivity contribution is 0.103. The fourth-order valence-electron chi connectivity index (χ4n) is 1.19. The van der Waals surface area contributed by atoms with E-state index in [4.69, 9.17) is 11.6 Å². The largest absolute Gasteiger partial charge is 0.287 e. The van der Waals surface area contributed by atoms with Crippen LogP contribution in [0, 0.1) is 5.82 Å². The molecule has 0 N–H and O–H groups in total. The Bertz CT molecular complexity index is 594. The van der Waals surface area contributed by atoms with Gasteiger partial charge in [0.15, 0.2) is 0 Å². The first-order chi connectivity index (χ1) is 8.09. The Kier molecular flexibility index (Phi) is 3.44. The summed E-state index contributed by atoms with van der Waals surface area (Å²) in [4.78, 5) is 23.1. The van der Waals surface area contributed by atoms with Gasteiger partial charge in [-0.2, -0.15) is 0 Å². The molecule has 2 rings (SSSR count). The van der Waals surface area contributed by atoms with Crippen molar-refractivity contribution in [3.05, 3.63) is 51.5 Å². The Morgan fingerprint density at radius 3 is 2.82 bits per heavy atom. The third-order valence-electron chi connectivity index (χ3n) is 1.93. The fourth-order valence-corrected chi connectivity index (χ4v) is 1.78. The van der Waals surface area contributed by atoms with E-state index in [1.807, 2.05) is 0 Å². The smallest absolute Gasteiger partial charge is 0.215 e. The van der Waals surface area contributed by atoms with Gasteiger partial charge in [0.25, 0.3) is 0 Å². The number of carbonyl (C=O) groups excluding carboxylic acids is 1. The molecule has 0 radical (unpaired) electrons. The maximum Gasteiger partial charge on any atom is 0.215 e. The van der Waals surface area contributed by atoms with E-state index in [0.717, 1.165) is 12.3 Å². The minimum atomic E-state index is -0.636. The molecule has 17 heavy (non-hydrogen) atoms. The topological polar surface area (TPSA) is 55.7 Å². The van der Waals surface area contributed by atoms with Crippen LogP contribution in [0.5, 0.6) is 0 Å². The van der Waals surface area contributed by atoms with Gasteiger partial charge in [-0.3, -0.25) is 4.79 Å². The molecule has 0 aliphatic heterocycles. The van der Waals surface area contributed by atoms with Gasteiger partial charge in [0, 0.05) is 6.20 Å². The standard InChI is InChI=1S/C10H4BrClFN3O/c11-7-3-14-4-16-8(7)9(17)6-1-5(13)2-15-10(6)12/h1-4H. The molecule has 0 bridgehead atoms. The highest BCUT2D eigenvalue weighted by atomic mass is 79.9. The van der Waals surface area contributed by atoms with Crippen LogP contribution >= 0.6 is 27.5 Å². The summed E-state index contributed by atoms with van der Waals surface area (Å²) in [6.45, 7) is 0. The molecule has 0 atom stereocenters. The molecule has 0 unspecified atom stereocenters. The van der Waals surface area contributed by atoms with E-state index < -0.39 is 11.6 Å². The first kappa shape index (κ1) is 12.1. The average Bonchev–Trinajstić information content (AvgIpc) is 2.32. The number of aromatic nitrogens is 3. The van der Waals surface area contributed by atoms with Crippen LogP contribution in [-0.2, 0) is 0 Å². The van der Waals surface area contributed by atoms with Crippen molar-refractivity contribution in [2.45, 2.75) is 0 Å². The van der Waals surface area contributed by atoms with Crippen molar-refractivity contribution in [2.24, 2.45) is 0 Å². The van der Waals surface area contributed by atoms with E-state index in [1.54, 1.807) is 0 Å². The SMILES string of the molecule is O=C(c1cc(F)cnc1Cl)c1ncncc1Br. The molecule has 2 aromatic rings. The van der Waals surface area contributed by atoms with Crippen LogP contribution in [0.15, 0.2) is 29.3 Å². The third-order valence-corrected chi connectivity index (χ3v) is 2.81. The number of halogens is 3. The summed E-state index contributed by atoms with van der Waals surface area (Å²) in [7, 11) is 0. The summed E-state index contributed by atoms with van der Waals surface area (Å²) < 4.78 is 13.4. The second-order valence-corrected chi connectivity index (χ2v) is 4.25. The molecule has 0 saturated carbocycles. The lowest BCUT2D eigenvalue weighted by atomic mass is 10.1. The van der Waals surface area contributed by atoms with Crippen molar-refractivity contribution in [3.8, 4) is 0 Å². The normalized spacial score (nSPS) is 10.3. The summed E-state index contributed by atoms with van der Waals surface area (Å²) in [5, 5.41) is -0.0677. The predicted octanol–water partition coefficient (Wildman–Crippen LogP) is 2.66. The van der Waals surface area contributed by atoms with E-state index in [-0.39, 0.29) is 16.4 Å². The number of nitrogens with zero attached hydrogens (tertiary/aromatic N) is 3. The van der Waals surface area contributed by atoms with Crippen LogP contribution in [0.3, 0.4) is 0 Å². The Morgan fingerprint density at radius 2 is 2.12 bits per heavy atom. The summed E-state index contributed by atoms with van der Waals surface area (Å²) in [5.41, 5.74) is 0.0698. The molecule has 0 saturated heterocycles. The van der Waals surface area contributed by atoms with E-state index in [1.165, 1.54) is 12.5 Å². The molecule has 4 nitrogen and oxygen atoms in total. The van der Waals surface area contributed by atoms with Crippen molar-refractivity contribution >= 4 is 33.3 Å². The van der Waals surface area contributed by atoms with Gasteiger partial charge in [0.05, 0.1) is 16.2 Å². The van der Waals surface area contributed by atoms with Crippen molar-refractivity contribution < 1.29 is 9.18 Å². The van der Waals surface area contributed by atoms with E-state index in [0.29, 0.717) is 4.47 Å². The molecule has 0 aromatic carbocycles. The molecular formula is C10H4BrClFN3O. The van der Waals surface area contributed by atoms with E-state index in [2.05, 4.69) is 30.9 Å². The predicted molar refractivity (Wildman–Crippen MR) is 62.4 cm³/mol. The number of rotatable bonds is 2. The van der Waals surface area contributed by atoms with Gasteiger partial charge >= 0.3 is 0 Å². The average molecular weight is 317 g/mol. The zero-order chi connectivity index (χ0) is 12.4. The molecule has 2 heterocycles. The summed E-state index contributed by atoms with van der Waals surface area (Å²) in [5.74, 6) is -1.15. The molecule has 0 aliphatic carbocycles. The quantitative estimate of drug-likeness (QED) is 0.631. The van der Waals surface area contributed by atoms with Crippen molar-refractivity contribution in [1.82, 2.24) is 15.0 Å². The summed E-state index contributed by atoms with van der Waals surface area (Å²) in [6, 6.07) is 1.02. The highest BCUT2D eigenvalue weighted by Gasteiger charge is 2.18. The first-order valence-electron chi connectivity index (χ1n) is 4.41. The van der Waals surface area contributed by atoms with Gasteiger partial charge in [-0.25, -0.2) is 19.3 Å². The van der Waals surface area contributed by atoms with Crippen LogP contribution in [0.2, 0.25) is 5.15 Å². The number of hydrogen-bond donors (Lipinski definition) is 0. The Balaban J connectivity index is 2.51. The van der Waals surface area contributed by atoms with E-state index >= 15 is 0 Å². The Labute approximate surface area is 109 Å². The van der Waals surface area contributed by atoms with E-state index in [9.17, 15) is 9.18 Å². The molecular weight excluding hydrogens is 312 g/mol. The second-order valence-electron chi connectivity index (χ2n) is 3.04. The van der Waals surface area contributed by atoms with Gasteiger partial charge in [-0.1, -0.05) is 11.6 Å². The van der Waals surface area contributed by atoms with Gasteiger partial charge in [0.2, 0.25) is 5.78 Å². The fraction of sp³-hybridized carbons (Fsp3) is 0. The van der Waals surface area contributed by atoms with Crippen molar-refractivity contribution in [2.75, 3.05) is 0 Å². The lowest BCUT2D eigenvalue weighted by Gasteiger charge is -2.03. The minimum Gasteiger partial charge on any atom is -0.287 e. The van der Waals surface area contributed by atoms with Crippen LogP contribution in [0.4, 0.5) is 4.39 Å². The first-order valence-corrected chi connectivity index (χ1v) is 5.58. The van der Waals surface area contributed by atoms with Gasteiger partial charge in [0.1, 0.15) is 23.0 Å². The molecule has 7 heteroatoms. The number of pyridine rings is 1. The van der Waals surface area contributed by atoms with Crippen LogP contribution in [0.1, 0.15) is 16.1 Å². The van der Waals surface area contributed by atoms with Crippen LogP contribution in [0.25, 0.3) is 0 Å². The third kappa shape index (κ3) is 2.48. The number of hydrogen-bond acceptors (Lipinski definition) is 4. The highest BCUT2D eigenvalue weighted by Crippen LogP contribution is 2.21. The van der Waals surface area contributed by atoms with Crippen LogP contribution < -0.4 is 0 Å². The number of carbonyl (C=O) groups is 1. The summed E-state index contributed by atoms with van der Waals surface area (Å²) >= 11 is 8.87. The minimum absolute atomic E-state index is 0.0360. The lowest BCUT2D eigenvalue weighted by Crippen LogP contribution is -2.07. The zero-order valence-electron chi connectivity index (χ0n) is 8.19. The Hall–Kier alpha value is -1.40. The van der Waals surface area contributed by atoms with Crippen molar-refractivity contribution in [1.29, 1.82) is 0 Å². The molecule has 0 amide bonds. The zero-order valence-corrected chi connectivity index (χ0v) is 10.5. The van der Waals surface area contributed by atoms with Gasteiger partial charge in [-0.15, -0.1) is 0 Å². The van der Waals surface area contributed by atoms with Gasteiger partial charge < -0.3 is 0 Å². The monoisotopic (exact) mass is 315 g/mol. The number of ketones is 1. The maximum absolute atomic E-state index is 13.0. The highest BCUT2D eigenvalue weighted by molar-refractivity contribution is 9.10. The maximum atomic E-state index is 13.0. The van der Waals surface area contributed by atoms with Crippen LogP contribution in [-0.4, -0.2) is 20.7 Å². The molecule has 0 fully saturated rings. The molecule has 86 valence electrons.